The molecular weight excluding hydrogens is 963 g/mol. The van der Waals surface area contributed by atoms with Crippen molar-refractivity contribution >= 4 is 68.7 Å². The van der Waals surface area contributed by atoms with Crippen molar-refractivity contribution in [3.05, 3.63) is 133 Å². The van der Waals surface area contributed by atoms with Gasteiger partial charge in [-0.15, -0.1) is 5.10 Å². The molecule has 2 aromatic carbocycles. The number of carbonyl (C=O) groups is 4. The highest BCUT2D eigenvalue weighted by Gasteiger charge is 2.33. The fourth-order valence-electron chi connectivity index (χ4n) is 8.80. The number of nitrogens with one attached hydrogen (secondary N) is 2. The van der Waals surface area contributed by atoms with Crippen LogP contribution in [0.15, 0.2) is 110 Å². The number of nitrogens with two attached hydrogens (primary N) is 2. The van der Waals surface area contributed by atoms with Crippen LogP contribution >= 0.6 is 0 Å². The van der Waals surface area contributed by atoms with Crippen LogP contribution in [0.1, 0.15) is 20.7 Å². The van der Waals surface area contributed by atoms with Gasteiger partial charge in [-0.1, -0.05) is 46.6 Å². The maximum Gasteiger partial charge on any atom is 0.295 e. The Balaban J connectivity index is 0.000000159. The summed E-state index contributed by atoms with van der Waals surface area (Å²) in [6.07, 6.45) is 7.63. The first-order valence-electron chi connectivity index (χ1n) is 22.8. The van der Waals surface area contributed by atoms with Crippen LogP contribution in [0.25, 0.3) is 44.8 Å². The highest BCUT2D eigenvalue weighted by molar-refractivity contribution is 6.45. The molecule has 0 unspecified atom stereocenters. The summed E-state index contributed by atoms with van der Waals surface area (Å²) in [4.78, 5) is 73.2. The number of pyridine rings is 2. The van der Waals surface area contributed by atoms with E-state index in [0.717, 1.165) is 23.8 Å². The minimum Gasteiger partial charge on any atom is -0.384 e. The van der Waals surface area contributed by atoms with Gasteiger partial charge in [0.1, 0.15) is 11.6 Å². The molecule has 0 radical (unpaired) electrons. The van der Waals surface area contributed by atoms with Crippen molar-refractivity contribution < 1.29 is 28.0 Å². The molecule has 0 bridgehead atoms. The number of halogens is 2. The summed E-state index contributed by atoms with van der Waals surface area (Å²) in [5.41, 5.74) is 13.5. The molecule has 2 amide bonds. The van der Waals surface area contributed by atoms with Crippen LogP contribution in [0.4, 0.5) is 32.3 Å². The molecule has 74 heavy (non-hydrogen) atoms. The molecule has 2 aliphatic heterocycles. The van der Waals surface area contributed by atoms with Crippen molar-refractivity contribution in [2.45, 2.75) is 0 Å². The number of hydrogen-bond donors (Lipinski definition) is 4. The van der Waals surface area contributed by atoms with E-state index in [4.69, 9.17) is 11.5 Å². The van der Waals surface area contributed by atoms with Crippen molar-refractivity contribution in [2.75, 3.05) is 73.6 Å². The van der Waals surface area contributed by atoms with Gasteiger partial charge in [-0.25, -0.2) is 23.4 Å². The van der Waals surface area contributed by atoms with Crippen molar-refractivity contribution in [1.29, 1.82) is 0 Å². The number of ketones is 2. The summed E-state index contributed by atoms with van der Waals surface area (Å²) in [6.45, 7) is 2.77. The van der Waals surface area contributed by atoms with Crippen LogP contribution in [0, 0.1) is 11.6 Å². The second-order valence-electron chi connectivity index (χ2n) is 16.8. The fraction of sp³-hybridized carbons (Fsp3) is 0.174. The van der Waals surface area contributed by atoms with Gasteiger partial charge in [-0.05, 0) is 45.1 Å². The molecule has 0 saturated carbocycles. The zero-order chi connectivity index (χ0) is 51.0. The van der Waals surface area contributed by atoms with E-state index in [9.17, 15) is 28.0 Å². The molecule has 2 saturated heterocycles. The largest absolute Gasteiger partial charge is 0.384 e. The van der Waals surface area contributed by atoms with Gasteiger partial charge in [0.15, 0.2) is 23.3 Å². The third-order valence-corrected chi connectivity index (χ3v) is 12.5. The summed E-state index contributed by atoms with van der Waals surface area (Å²) < 4.78 is 35.5. The summed E-state index contributed by atoms with van der Waals surface area (Å²) in [7, 11) is 0. The van der Waals surface area contributed by atoms with Gasteiger partial charge in [0.25, 0.3) is 23.4 Å². The number of Topliss-reactive ketones (excluding diaryl/α,β-unsaturated/α-hetero) is 2. The number of aromatic nitrogens is 16. The first kappa shape index (κ1) is 46.1. The molecule has 28 heteroatoms. The number of carbonyl (C=O) groups excluding carboxylic acids is 4. The van der Waals surface area contributed by atoms with E-state index in [-0.39, 0.29) is 82.4 Å². The standard InChI is InChI=1S/2C23H20FN11O2/c24-16-13-27-21(34-7-6-17(25)29-34)19-18(16)15(12-26-19)20(36)22(37)32-8-10-33(11-9-32)23-28-30-31-35(23)14-4-2-1-3-5-14;24-16-13-27-21(35-17(25)6-7-28-35)19-18(16)15(12-26-19)20(36)22(37)32-8-10-33(11-9-32)23-29-30-31-34(23)14-4-2-1-3-5-14/h1-7,12-13,26H,8-11H2,(H2,25,29);1-7,12-13,26H,8-11,25H2. The maximum absolute atomic E-state index is 14.8. The molecule has 10 aromatic rings. The number of rotatable bonds is 10. The maximum atomic E-state index is 14.8. The van der Waals surface area contributed by atoms with Crippen LogP contribution in [0.2, 0.25) is 0 Å². The Labute approximate surface area is 414 Å². The molecular formula is C46H40F2N22O4. The van der Waals surface area contributed by atoms with Crippen molar-refractivity contribution in [2.24, 2.45) is 0 Å². The fourth-order valence-corrected chi connectivity index (χ4v) is 8.80. The molecule has 6 N–H and O–H groups in total. The van der Waals surface area contributed by atoms with Crippen LogP contribution in [0.5, 0.6) is 0 Å². The average Bonchev–Trinajstić information content (AvgIpc) is 4.32. The topological polar surface area (TPSA) is 313 Å². The van der Waals surface area contributed by atoms with E-state index < -0.39 is 35.0 Å². The van der Waals surface area contributed by atoms with Gasteiger partial charge in [0.2, 0.25) is 11.9 Å². The SMILES string of the molecule is Nc1ccn(-c2ncc(F)c3c(C(=O)C(=O)N4CCN(c5nnnn5-c5ccccc5)CC4)c[nH]c23)n1.Nc1ccnn1-c1ncc(F)c2c(C(=O)C(=O)N3CCN(c4nnnn4-c4ccccc4)CC3)c[nH]c12. The van der Waals surface area contributed by atoms with Crippen LogP contribution in [-0.4, -0.2) is 165 Å². The van der Waals surface area contributed by atoms with E-state index in [1.165, 1.54) is 37.8 Å². The number of nitrogens with zero attached hydrogens (tertiary/aromatic N) is 18. The molecule has 8 aromatic heterocycles. The number of benzene rings is 2. The van der Waals surface area contributed by atoms with Crippen molar-refractivity contribution in [3.8, 4) is 23.0 Å². The number of nitrogen functional groups attached to an aromatic ring is 2. The molecule has 372 valence electrons. The van der Waals surface area contributed by atoms with Gasteiger partial charge in [0.05, 0.1) is 62.9 Å². The Bertz CT molecular complexity index is 3720. The van der Waals surface area contributed by atoms with Gasteiger partial charge in [-0.2, -0.15) is 19.1 Å². The average molecular weight is 1000 g/mol. The third kappa shape index (κ3) is 8.39. The zero-order valence-electron chi connectivity index (χ0n) is 38.6. The van der Waals surface area contributed by atoms with E-state index in [0.29, 0.717) is 38.1 Å². The Hall–Kier alpha value is -10.3. The Kier molecular flexibility index (Phi) is 11.9. The number of hydrogen-bond acceptors (Lipinski definition) is 18. The minimum absolute atomic E-state index is 0.0295. The molecule has 0 aliphatic carbocycles. The molecule has 2 fully saturated rings. The van der Waals surface area contributed by atoms with E-state index in [1.807, 2.05) is 70.5 Å². The quantitative estimate of drug-likeness (QED) is 0.112. The second-order valence-corrected chi connectivity index (χ2v) is 16.8. The number of para-hydroxylation sites is 2. The molecule has 0 atom stereocenters. The first-order chi connectivity index (χ1) is 36.0. The van der Waals surface area contributed by atoms with E-state index in [2.05, 4.69) is 61.2 Å². The third-order valence-electron chi connectivity index (χ3n) is 12.5. The predicted octanol–water partition coefficient (Wildman–Crippen LogP) is 1.95. The normalized spacial score (nSPS) is 13.9. The molecule has 26 nitrogen and oxygen atoms in total. The Morgan fingerprint density at radius 1 is 0.568 bits per heavy atom. The van der Waals surface area contributed by atoms with E-state index >= 15 is 0 Å². The van der Waals surface area contributed by atoms with E-state index in [1.54, 1.807) is 27.7 Å². The number of piperazine rings is 2. The highest BCUT2D eigenvalue weighted by atomic mass is 19.1. The first-order valence-corrected chi connectivity index (χ1v) is 22.8. The van der Waals surface area contributed by atoms with Crippen LogP contribution in [0.3, 0.4) is 0 Å². The lowest BCUT2D eigenvalue weighted by molar-refractivity contribution is -0.127. The number of H-pyrrole nitrogens is 2. The summed E-state index contributed by atoms with van der Waals surface area (Å²) in [5, 5.41) is 32.1. The van der Waals surface area contributed by atoms with Gasteiger partial charge >= 0.3 is 0 Å². The van der Waals surface area contributed by atoms with Crippen LogP contribution in [-0.2, 0) is 9.59 Å². The number of fused-ring (bicyclic) bond motifs is 2. The number of tetrazole rings is 2. The molecule has 0 spiro atoms. The summed E-state index contributed by atoms with van der Waals surface area (Å²) >= 11 is 0. The lowest BCUT2D eigenvalue weighted by Crippen LogP contribution is -2.51. The predicted molar refractivity (Wildman–Crippen MR) is 260 cm³/mol. The van der Waals surface area contributed by atoms with Gasteiger partial charge in [-0.3, -0.25) is 19.2 Å². The highest BCUT2D eigenvalue weighted by Crippen LogP contribution is 2.29. The molecule has 2 aliphatic rings. The minimum atomic E-state index is -0.821. The van der Waals surface area contributed by atoms with Crippen LogP contribution < -0.4 is 21.3 Å². The van der Waals surface area contributed by atoms with Crippen molar-refractivity contribution in [1.82, 2.24) is 89.7 Å². The summed E-state index contributed by atoms with van der Waals surface area (Å²) in [6, 6.07) is 22.0. The van der Waals surface area contributed by atoms with Crippen molar-refractivity contribution in [3.63, 3.8) is 0 Å². The Morgan fingerprint density at radius 2 is 1.04 bits per heavy atom. The molecule has 10 heterocycles. The zero-order valence-corrected chi connectivity index (χ0v) is 38.6. The smallest absolute Gasteiger partial charge is 0.295 e. The van der Waals surface area contributed by atoms with Gasteiger partial charge in [0, 0.05) is 83.1 Å². The lowest BCUT2D eigenvalue weighted by atomic mass is 10.1. The summed E-state index contributed by atoms with van der Waals surface area (Å²) in [5.74, 6) is -2.44. The van der Waals surface area contributed by atoms with Gasteiger partial charge < -0.3 is 41.0 Å². The second kappa shape index (κ2) is 19.1. The number of anilines is 4. The number of amides is 2. The number of aromatic amines is 2. The monoisotopic (exact) mass is 1000 g/mol. The molecule has 12 rings (SSSR count). The Morgan fingerprint density at radius 3 is 1.49 bits per heavy atom. The lowest BCUT2D eigenvalue weighted by Gasteiger charge is -2.34.